The minimum atomic E-state index is 0.693. The molecule has 5 heteroatoms. The van der Waals surface area contributed by atoms with E-state index < -0.39 is 0 Å². The lowest BCUT2D eigenvalue weighted by molar-refractivity contribution is 0.965. The smallest absolute Gasteiger partial charge is 0.0990 e. The van der Waals surface area contributed by atoms with Gasteiger partial charge in [-0.05, 0) is 26.8 Å². The molecule has 0 spiro atoms. The van der Waals surface area contributed by atoms with E-state index in [0.717, 1.165) is 34.2 Å². The topological polar surface area (TPSA) is 51.8 Å². The van der Waals surface area contributed by atoms with Crippen molar-refractivity contribution in [2.24, 2.45) is 5.73 Å². The molecule has 0 amide bonds. The molecule has 2 rings (SSSR count). The van der Waals surface area contributed by atoms with E-state index >= 15 is 0 Å². The van der Waals surface area contributed by atoms with Gasteiger partial charge in [0, 0.05) is 16.7 Å². The zero-order valence-electron chi connectivity index (χ0n) is 9.49. The second-order valence-electron chi connectivity index (χ2n) is 3.69. The molecule has 2 aromatic rings. The molecule has 2 aromatic heterocycles. The summed E-state index contributed by atoms with van der Waals surface area (Å²) in [6, 6.07) is 0. The first-order valence-corrected chi connectivity index (χ1v) is 6.95. The fourth-order valence-corrected chi connectivity index (χ4v) is 3.28. The standard InChI is InChI=1S/C11H15N3S2/c1-7-10(3-4-12)16-11(13-7)5-9-6-15-8(2)14-9/h6H,3-5,12H2,1-2H3. The number of aromatic nitrogens is 2. The number of hydrogen-bond donors (Lipinski definition) is 1. The molecule has 86 valence electrons. The summed E-state index contributed by atoms with van der Waals surface area (Å²) in [5, 5.41) is 4.37. The first-order chi connectivity index (χ1) is 7.69. The number of hydrogen-bond acceptors (Lipinski definition) is 5. The maximum Gasteiger partial charge on any atom is 0.0990 e. The van der Waals surface area contributed by atoms with Crippen LogP contribution in [0.5, 0.6) is 0 Å². The first kappa shape index (κ1) is 11.7. The third-order valence-corrected chi connectivity index (χ3v) is 4.35. The van der Waals surface area contributed by atoms with Crippen LogP contribution in [0.4, 0.5) is 0 Å². The monoisotopic (exact) mass is 253 g/mol. The Morgan fingerprint density at radius 1 is 1.31 bits per heavy atom. The normalized spacial score (nSPS) is 10.9. The van der Waals surface area contributed by atoms with Gasteiger partial charge in [-0.15, -0.1) is 22.7 Å². The molecule has 2 heterocycles. The van der Waals surface area contributed by atoms with E-state index in [1.54, 1.807) is 22.7 Å². The number of nitrogens with two attached hydrogens (primary N) is 1. The van der Waals surface area contributed by atoms with Crippen LogP contribution < -0.4 is 5.73 Å². The van der Waals surface area contributed by atoms with Crippen LogP contribution >= 0.6 is 22.7 Å². The lowest BCUT2D eigenvalue weighted by Gasteiger charge is -1.91. The molecule has 0 saturated heterocycles. The van der Waals surface area contributed by atoms with E-state index in [1.165, 1.54) is 4.88 Å². The van der Waals surface area contributed by atoms with Crippen LogP contribution in [0.2, 0.25) is 0 Å². The van der Waals surface area contributed by atoms with Crippen molar-refractivity contribution in [3.63, 3.8) is 0 Å². The predicted octanol–water partition coefficient (Wildman–Crippen LogP) is 2.31. The van der Waals surface area contributed by atoms with E-state index in [0.29, 0.717) is 6.54 Å². The van der Waals surface area contributed by atoms with Crippen molar-refractivity contribution in [2.45, 2.75) is 26.7 Å². The molecule has 0 aliphatic rings. The quantitative estimate of drug-likeness (QED) is 0.909. The van der Waals surface area contributed by atoms with Gasteiger partial charge < -0.3 is 5.73 Å². The Morgan fingerprint density at radius 2 is 2.12 bits per heavy atom. The molecular weight excluding hydrogens is 238 g/mol. The largest absolute Gasteiger partial charge is 0.330 e. The molecule has 0 unspecified atom stereocenters. The predicted molar refractivity (Wildman–Crippen MR) is 69.3 cm³/mol. The molecule has 0 aliphatic carbocycles. The summed E-state index contributed by atoms with van der Waals surface area (Å²) in [7, 11) is 0. The minimum absolute atomic E-state index is 0.693. The van der Waals surface area contributed by atoms with Gasteiger partial charge in [0.1, 0.15) is 0 Å². The number of thiazole rings is 2. The summed E-state index contributed by atoms with van der Waals surface area (Å²) < 4.78 is 0. The minimum Gasteiger partial charge on any atom is -0.330 e. The average molecular weight is 253 g/mol. The van der Waals surface area contributed by atoms with Crippen LogP contribution in [-0.4, -0.2) is 16.5 Å². The average Bonchev–Trinajstić information content (AvgIpc) is 2.76. The molecule has 0 atom stereocenters. The third kappa shape index (κ3) is 2.66. The Balaban J connectivity index is 2.13. The van der Waals surface area contributed by atoms with E-state index in [1.807, 2.05) is 6.92 Å². The summed E-state index contributed by atoms with van der Waals surface area (Å²) in [5.41, 5.74) is 7.81. The van der Waals surface area contributed by atoms with Gasteiger partial charge in [-0.2, -0.15) is 0 Å². The maximum absolute atomic E-state index is 5.56. The van der Waals surface area contributed by atoms with Gasteiger partial charge in [-0.3, -0.25) is 0 Å². The van der Waals surface area contributed by atoms with Gasteiger partial charge >= 0.3 is 0 Å². The van der Waals surface area contributed by atoms with Gasteiger partial charge in [-0.1, -0.05) is 0 Å². The van der Waals surface area contributed by atoms with Crippen LogP contribution in [-0.2, 0) is 12.8 Å². The molecule has 3 nitrogen and oxygen atoms in total. The van der Waals surface area contributed by atoms with Crippen molar-refractivity contribution in [3.05, 3.63) is 31.7 Å². The molecule has 16 heavy (non-hydrogen) atoms. The summed E-state index contributed by atoms with van der Waals surface area (Å²) in [6.07, 6.45) is 1.78. The van der Waals surface area contributed by atoms with E-state index in [4.69, 9.17) is 5.73 Å². The number of nitrogens with zero attached hydrogens (tertiary/aromatic N) is 2. The summed E-state index contributed by atoms with van der Waals surface area (Å²) in [6.45, 7) is 4.77. The highest BCUT2D eigenvalue weighted by molar-refractivity contribution is 7.11. The summed E-state index contributed by atoms with van der Waals surface area (Å²) in [5.74, 6) is 0. The molecule has 0 aromatic carbocycles. The molecule has 0 aliphatic heterocycles. The van der Waals surface area contributed by atoms with Gasteiger partial charge in [0.2, 0.25) is 0 Å². The fourth-order valence-electron chi connectivity index (χ4n) is 1.57. The molecular formula is C11H15N3S2. The summed E-state index contributed by atoms with van der Waals surface area (Å²) in [4.78, 5) is 10.3. The van der Waals surface area contributed by atoms with Crippen molar-refractivity contribution in [3.8, 4) is 0 Å². The van der Waals surface area contributed by atoms with E-state index in [9.17, 15) is 0 Å². The highest BCUT2D eigenvalue weighted by Gasteiger charge is 2.08. The van der Waals surface area contributed by atoms with E-state index in [2.05, 4.69) is 22.3 Å². The SMILES string of the molecule is Cc1nc(Cc2nc(C)c(CCN)s2)cs1. The Hall–Kier alpha value is -0.780. The van der Waals surface area contributed by atoms with Crippen molar-refractivity contribution >= 4 is 22.7 Å². The lowest BCUT2D eigenvalue weighted by Crippen LogP contribution is -2.01. The van der Waals surface area contributed by atoms with Gasteiger partial charge in [0.05, 0.1) is 21.4 Å². The Labute approximate surface area is 103 Å². The second kappa shape index (κ2) is 5.03. The number of aryl methyl sites for hydroxylation is 2. The van der Waals surface area contributed by atoms with Gasteiger partial charge in [-0.25, -0.2) is 9.97 Å². The van der Waals surface area contributed by atoms with Crippen molar-refractivity contribution in [1.29, 1.82) is 0 Å². The Kier molecular flexibility index (Phi) is 3.68. The highest BCUT2D eigenvalue weighted by Crippen LogP contribution is 2.21. The molecule has 0 saturated carbocycles. The Bertz CT molecular complexity index is 473. The van der Waals surface area contributed by atoms with E-state index in [-0.39, 0.29) is 0 Å². The molecule has 0 radical (unpaired) electrons. The maximum atomic E-state index is 5.56. The lowest BCUT2D eigenvalue weighted by atomic mass is 10.3. The fraction of sp³-hybridized carbons (Fsp3) is 0.455. The van der Waals surface area contributed by atoms with Crippen molar-refractivity contribution in [2.75, 3.05) is 6.54 Å². The number of rotatable bonds is 4. The van der Waals surface area contributed by atoms with Crippen molar-refractivity contribution in [1.82, 2.24) is 9.97 Å². The Morgan fingerprint density at radius 3 is 2.75 bits per heavy atom. The van der Waals surface area contributed by atoms with Gasteiger partial charge in [0.15, 0.2) is 0 Å². The molecule has 0 fully saturated rings. The molecule has 0 bridgehead atoms. The van der Waals surface area contributed by atoms with Crippen LogP contribution in [0, 0.1) is 13.8 Å². The van der Waals surface area contributed by atoms with Crippen LogP contribution in [0.1, 0.15) is 26.3 Å². The summed E-state index contributed by atoms with van der Waals surface area (Å²) >= 11 is 3.45. The third-order valence-electron chi connectivity index (χ3n) is 2.31. The van der Waals surface area contributed by atoms with Crippen molar-refractivity contribution < 1.29 is 0 Å². The second-order valence-corrected chi connectivity index (χ2v) is 5.92. The first-order valence-electron chi connectivity index (χ1n) is 5.25. The van der Waals surface area contributed by atoms with Crippen LogP contribution in [0.3, 0.4) is 0 Å². The van der Waals surface area contributed by atoms with Crippen LogP contribution in [0.25, 0.3) is 0 Å². The molecule has 2 N–H and O–H groups in total. The van der Waals surface area contributed by atoms with Gasteiger partial charge in [0.25, 0.3) is 0 Å². The zero-order valence-corrected chi connectivity index (χ0v) is 11.1. The highest BCUT2D eigenvalue weighted by atomic mass is 32.1. The zero-order chi connectivity index (χ0) is 11.5. The van der Waals surface area contributed by atoms with Crippen LogP contribution in [0.15, 0.2) is 5.38 Å².